The molecule has 0 saturated carbocycles. The van der Waals surface area contributed by atoms with Crippen LogP contribution < -0.4 is 0 Å². The fourth-order valence-electron chi connectivity index (χ4n) is 3.00. The summed E-state index contributed by atoms with van der Waals surface area (Å²) in [5.41, 5.74) is 0.687. The Balaban J connectivity index is 1.71. The van der Waals surface area contributed by atoms with Gasteiger partial charge >= 0.3 is 6.09 Å². The van der Waals surface area contributed by atoms with Crippen LogP contribution in [-0.2, 0) is 9.47 Å². The van der Waals surface area contributed by atoms with Crippen molar-refractivity contribution in [2.45, 2.75) is 52.6 Å². The molecule has 2 rings (SSSR count). The maximum Gasteiger partial charge on any atom is 0.410 e. The van der Waals surface area contributed by atoms with Crippen molar-refractivity contribution in [2.75, 3.05) is 19.7 Å². The molecule has 1 aromatic carbocycles. The highest BCUT2D eigenvalue weighted by Gasteiger charge is 2.26. The van der Waals surface area contributed by atoms with Crippen molar-refractivity contribution in [3.05, 3.63) is 42.0 Å². The molecule has 1 amide bonds. The average Bonchev–Trinajstić information content (AvgIpc) is 2.58. The predicted octanol–water partition coefficient (Wildman–Crippen LogP) is 5.10. The Hall–Kier alpha value is -1.97. The number of rotatable bonds is 5. The molecule has 138 valence electrons. The highest BCUT2D eigenvalue weighted by Crippen LogP contribution is 2.23. The third-order valence-electron chi connectivity index (χ3n) is 4.37. The van der Waals surface area contributed by atoms with Gasteiger partial charge in [0.2, 0.25) is 0 Å². The van der Waals surface area contributed by atoms with Gasteiger partial charge in [0.1, 0.15) is 11.4 Å². The fourth-order valence-corrected chi connectivity index (χ4v) is 3.00. The molecule has 0 atom stereocenters. The molecule has 1 fully saturated rings. The minimum Gasteiger partial charge on any atom is -0.493 e. The standard InChI is InChI=1S/C21H31NO3/c1-5-19(18-9-7-6-8-10-18)24-16-13-17-11-14-22(15-12-17)20(23)25-21(2,3)4/h5-10,17H,11-16H2,1-4H3/b19-5+. The molecule has 0 radical (unpaired) electrons. The number of carbonyl (C=O) groups is 1. The van der Waals surface area contributed by atoms with Crippen molar-refractivity contribution in [2.24, 2.45) is 5.92 Å². The van der Waals surface area contributed by atoms with Gasteiger partial charge in [-0.2, -0.15) is 0 Å². The van der Waals surface area contributed by atoms with Crippen LogP contribution >= 0.6 is 0 Å². The Morgan fingerprint density at radius 3 is 2.40 bits per heavy atom. The lowest BCUT2D eigenvalue weighted by atomic mass is 9.94. The molecule has 1 saturated heterocycles. The van der Waals surface area contributed by atoms with Crippen LogP contribution in [0.5, 0.6) is 0 Å². The molecule has 4 heteroatoms. The van der Waals surface area contributed by atoms with E-state index < -0.39 is 5.60 Å². The zero-order valence-electron chi connectivity index (χ0n) is 16.0. The Morgan fingerprint density at radius 1 is 1.20 bits per heavy atom. The number of piperidine rings is 1. The van der Waals surface area contributed by atoms with Crippen LogP contribution in [0.3, 0.4) is 0 Å². The minimum absolute atomic E-state index is 0.192. The highest BCUT2D eigenvalue weighted by atomic mass is 16.6. The second-order valence-electron chi connectivity index (χ2n) is 7.57. The quantitative estimate of drug-likeness (QED) is 0.697. The maximum absolute atomic E-state index is 12.1. The van der Waals surface area contributed by atoms with E-state index in [1.807, 2.05) is 56.9 Å². The molecule has 0 N–H and O–H groups in total. The monoisotopic (exact) mass is 345 g/mol. The number of hydrogen-bond donors (Lipinski definition) is 0. The van der Waals surface area contributed by atoms with Crippen molar-refractivity contribution in [1.82, 2.24) is 4.90 Å². The molecule has 0 aliphatic carbocycles. The SMILES string of the molecule is C/C=C(/OCCC1CCN(C(=O)OC(C)(C)C)CC1)c1ccccc1. The number of amides is 1. The van der Waals surface area contributed by atoms with Crippen LogP contribution in [0.2, 0.25) is 0 Å². The van der Waals surface area contributed by atoms with Crippen LogP contribution in [0.15, 0.2) is 36.4 Å². The van der Waals surface area contributed by atoms with Crippen LogP contribution in [0.1, 0.15) is 52.5 Å². The number of likely N-dealkylation sites (tertiary alicyclic amines) is 1. The summed E-state index contributed by atoms with van der Waals surface area (Å²) in [5, 5.41) is 0. The summed E-state index contributed by atoms with van der Waals surface area (Å²) < 4.78 is 11.4. The van der Waals surface area contributed by atoms with Gasteiger partial charge in [-0.3, -0.25) is 0 Å². The molecule has 1 aliphatic heterocycles. The van der Waals surface area contributed by atoms with Crippen molar-refractivity contribution < 1.29 is 14.3 Å². The van der Waals surface area contributed by atoms with Gasteiger partial charge in [-0.05, 0) is 59.0 Å². The topological polar surface area (TPSA) is 38.8 Å². The first-order chi connectivity index (χ1) is 11.9. The summed E-state index contributed by atoms with van der Waals surface area (Å²) in [6.45, 7) is 9.97. The van der Waals surface area contributed by atoms with Gasteiger partial charge in [0.15, 0.2) is 0 Å². The summed E-state index contributed by atoms with van der Waals surface area (Å²) in [7, 11) is 0. The second-order valence-corrected chi connectivity index (χ2v) is 7.57. The van der Waals surface area contributed by atoms with Crippen LogP contribution in [0, 0.1) is 5.92 Å². The number of nitrogens with zero attached hydrogens (tertiary/aromatic N) is 1. The molecule has 1 aliphatic rings. The number of allylic oxidation sites excluding steroid dienone is 1. The molecule has 0 bridgehead atoms. The first-order valence-electron chi connectivity index (χ1n) is 9.21. The van der Waals surface area contributed by atoms with Gasteiger partial charge in [-0.25, -0.2) is 4.79 Å². The smallest absolute Gasteiger partial charge is 0.410 e. The highest BCUT2D eigenvalue weighted by molar-refractivity contribution is 5.68. The number of hydrogen-bond acceptors (Lipinski definition) is 3. The first-order valence-corrected chi connectivity index (χ1v) is 9.21. The molecule has 0 aromatic heterocycles. The van der Waals surface area contributed by atoms with Gasteiger partial charge in [-0.15, -0.1) is 0 Å². The molecule has 25 heavy (non-hydrogen) atoms. The molecule has 0 spiro atoms. The van der Waals surface area contributed by atoms with E-state index in [4.69, 9.17) is 9.47 Å². The van der Waals surface area contributed by atoms with Gasteiger partial charge in [0.05, 0.1) is 6.61 Å². The third-order valence-corrected chi connectivity index (χ3v) is 4.37. The average molecular weight is 345 g/mol. The van der Waals surface area contributed by atoms with Crippen molar-refractivity contribution in [3.8, 4) is 0 Å². The lowest BCUT2D eigenvalue weighted by Gasteiger charge is -2.33. The Morgan fingerprint density at radius 2 is 1.84 bits per heavy atom. The zero-order valence-corrected chi connectivity index (χ0v) is 16.0. The van der Waals surface area contributed by atoms with Crippen LogP contribution in [0.4, 0.5) is 4.79 Å². The zero-order chi connectivity index (χ0) is 18.3. The lowest BCUT2D eigenvalue weighted by Crippen LogP contribution is -2.41. The molecular weight excluding hydrogens is 314 g/mol. The van der Waals surface area contributed by atoms with E-state index >= 15 is 0 Å². The lowest BCUT2D eigenvalue weighted by molar-refractivity contribution is 0.0176. The minimum atomic E-state index is -0.428. The van der Waals surface area contributed by atoms with Crippen molar-refractivity contribution in [1.29, 1.82) is 0 Å². The van der Waals surface area contributed by atoms with Crippen LogP contribution in [-0.4, -0.2) is 36.3 Å². The van der Waals surface area contributed by atoms with E-state index in [9.17, 15) is 4.79 Å². The summed E-state index contributed by atoms with van der Waals surface area (Å²) in [6.07, 6.45) is 4.87. The van der Waals surface area contributed by atoms with E-state index in [-0.39, 0.29) is 6.09 Å². The number of benzene rings is 1. The van der Waals surface area contributed by atoms with E-state index in [2.05, 4.69) is 12.1 Å². The molecule has 0 unspecified atom stereocenters. The van der Waals surface area contributed by atoms with Crippen molar-refractivity contribution >= 4 is 11.9 Å². The van der Waals surface area contributed by atoms with Gasteiger partial charge in [-0.1, -0.05) is 30.3 Å². The van der Waals surface area contributed by atoms with Crippen LogP contribution in [0.25, 0.3) is 5.76 Å². The summed E-state index contributed by atoms with van der Waals surface area (Å²) in [5.74, 6) is 1.54. The first kappa shape index (κ1) is 19.4. The van der Waals surface area contributed by atoms with E-state index in [1.54, 1.807) is 0 Å². The number of carbonyl (C=O) groups excluding carboxylic acids is 1. The Labute approximate surface area is 151 Å². The third kappa shape index (κ3) is 6.45. The normalized spacial score (nSPS) is 16.6. The largest absolute Gasteiger partial charge is 0.493 e. The summed E-state index contributed by atoms with van der Waals surface area (Å²) in [6, 6.07) is 10.2. The molecule has 1 heterocycles. The fraction of sp³-hybridized carbons (Fsp3) is 0.571. The molecule has 1 aromatic rings. The van der Waals surface area contributed by atoms with E-state index in [0.717, 1.165) is 43.7 Å². The Kier molecular flexibility index (Phi) is 6.91. The van der Waals surface area contributed by atoms with Gasteiger partial charge < -0.3 is 14.4 Å². The molecule has 4 nitrogen and oxygen atoms in total. The van der Waals surface area contributed by atoms with Gasteiger partial charge in [0.25, 0.3) is 0 Å². The molecular formula is C21H31NO3. The summed E-state index contributed by atoms with van der Waals surface area (Å²) >= 11 is 0. The Bertz CT molecular complexity index is 567. The summed E-state index contributed by atoms with van der Waals surface area (Å²) in [4.78, 5) is 13.9. The van der Waals surface area contributed by atoms with Gasteiger partial charge in [0, 0.05) is 18.7 Å². The maximum atomic E-state index is 12.1. The predicted molar refractivity (Wildman–Crippen MR) is 101 cm³/mol. The number of ether oxygens (including phenoxy) is 2. The van der Waals surface area contributed by atoms with E-state index in [0.29, 0.717) is 12.5 Å². The second kappa shape index (κ2) is 8.93. The van der Waals surface area contributed by atoms with Crippen molar-refractivity contribution in [3.63, 3.8) is 0 Å². The van der Waals surface area contributed by atoms with E-state index in [1.165, 1.54) is 0 Å².